The van der Waals surface area contributed by atoms with Gasteiger partial charge in [-0.05, 0) is 19.8 Å². The molecule has 1 atom stereocenters. The second kappa shape index (κ2) is 4.61. The highest BCUT2D eigenvalue weighted by Gasteiger charge is 2.23. The number of carbonyl (C=O) groups is 1. The molecule has 1 unspecified atom stereocenters. The maximum Gasteiger partial charge on any atom is 0.161 e. The Labute approximate surface area is 74.3 Å². The summed E-state index contributed by atoms with van der Waals surface area (Å²) in [6.07, 6.45) is 4.34. The lowest BCUT2D eigenvalue weighted by Gasteiger charge is -2.25. The molecule has 1 fully saturated rings. The van der Waals surface area contributed by atoms with Crippen molar-refractivity contribution in [1.82, 2.24) is 0 Å². The van der Waals surface area contributed by atoms with Gasteiger partial charge in [0.2, 0.25) is 0 Å². The van der Waals surface area contributed by atoms with Crippen molar-refractivity contribution in [3.8, 4) is 0 Å². The molecular weight excluding hydrogens is 152 g/mol. The molecule has 0 bridgehead atoms. The molecule has 0 radical (unpaired) electrons. The van der Waals surface area contributed by atoms with Gasteiger partial charge in [-0.15, -0.1) is 0 Å². The largest absolute Gasteiger partial charge is 0.371 e. The van der Waals surface area contributed by atoms with Crippen LogP contribution in [0.3, 0.4) is 0 Å². The molecule has 1 saturated carbocycles. The summed E-state index contributed by atoms with van der Waals surface area (Å²) in [5.74, 6) is 0.946. The van der Waals surface area contributed by atoms with Crippen molar-refractivity contribution in [3.05, 3.63) is 0 Å². The predicted octanol–water partition coefficient (Wildman–Crippen LogP) is 2.17. The zero-order valence-electron chi connectivity index (χ0n) is 8.01. The summed E-state index contributed by atoms with van der Waals surface area (Å²) in [6, 6.07) is 0. The van der Waals surface area contributed by atoms with E-state index in [2.05, 4.69) is 0 Å². The van der Waals surface area contributed by atoms with E-state index in [0.29, 0.717) is 12.5 Å². The van der Waals surface area contributed by atoms with Crippen molar-refractivity contribution < 1.29 is 9.53 Å². The Balaban J connectivity index is 2.16. The van der Waals surface area contributed by atoms with Gasteiger partial charge in [0.05, 0.1) is 0 Å². The molecule has 0 N–H and O–H groups in total. The summed E-state index contributed by atoms with van der Waals surface area (Å²) in [5, 5.41) is 0. The molecule has 0 heterocycles. The minimum Gasteiger partial charge on any atom is -0.371 e. The second-order valence-electron chi connectivity index (χ2n) is 3.56. The molecule has 1 aliphatic carbocycles. The van der Waals surface area contributed by atoms with Crippen LogP contribution in [0.25, 0.3) is 0 Å². The average molecular weight is 170 g/mol. The van der Waals surface area contributed by atoms with Crippen molar-refractivity contribution >= 4 is 5.78 Å². The third-order valence-corrected chi connectivity index (χ3v) is 2.58. The minimum atomic E-state index is -0.185. The Morgan fingerprint density at radius 3 is 2.67 bits per heavy atom. The van der Waals surface area contributed by atoms with Gasteiger partial charge >= 0.3 is 0 Å². The Hall–Kier alpha value is -0.370. The topological polar surface area (TPSA) is 26.3 Å². The van der Waals surface area contributed by atoms with Gasteiger partial charge in [-0.25, -0.2) is 0 Å². The Kier molecular flexibility index (Phi) is 3.73. The van der Waals surface area contributed by atoms with E-state index in [4.69, 9.17) is 4.74 Å². The van der Waals surface area contributed by atoms with Crippen LogP contribution in [0.1, 0.15) is 39.5 Å². The lowest BCUT2D eigenvalue weighted by atomic mass is 9.81. The SMILES string of the molecule is CCOC(C)C(=O)CC1CCC1. The quantitative estimate of drug-likeness (QED) is 0.632. The van der Waals surface area contributed by atoms with E-state index in [-0.39, 0.29) is 11.9 Å². The highest BCUT2D eigenvalue weighted by atomic mass is 16.5. The number of ether oxygens (including phenoxy) is 1. The van der Waals surface area contributed by atoms with Crippen LogP contribution in [0.2, 0.25) is 0 Å². The van der Waals surface area contributed by atoms with Crippen molar-refractivity contribution in [1.29, 1.82) is 0 Å². The summed E-state index contributed by atoms with van der Waals surface area (Å²) < 4.78 is 5.22. The van der Waals surface area contributed by atoms with Gasteiger partial charge in [0.1, 0.15) is 6.10 Å². The highest BCUT2D eigenvalue weighted by molar-refractivity contribution is 5.82. The van der Waals surface area contributed by atoms with E-state index in [0.717, 1.165) is 6.42 Å². The summed E-state index contributed by atoms with van der Waals surface area (Å²) in [5.41, 5.74) is 0. The molecule has 0 spiro atoms. The van der Waals surface area contributed by atoms with E-state index < -0.39 is 0 Å². The lowest BCUT2D eigenvalue weighted by Crippen LogP contribution is -2.25. The lowest BCUT2D eigenvalue weighted by molar-refractivity contribution is -0.130. The number of hydrogen-bond donors (Lipinski definition) is 0. The fourth-order valence-corrected chi connectivity index (χ4v) is 1.49. The number of rotatable bonds is 5. The number of carbonyl (C=O) groups excluding carboxylic acids is 1. The van der Waals surface area contributed by atoms with Gasteiger partial charge in [-0.3, -0.25) is 4.79 Å². The molecule has 0 aromatic heterocycles. The molecule has 0 amide bonds. The van der Waals surface area contributed by atoms with Gasteiger partial charge in [-0.2, -0.15) is 0 Å². The molecule has 0 aliphatic heterocycles. The number of hydrogen-bond acceptors (Lipinski definition) is 2. The first-order valence-electron chi connectivity index (χ1n) is 4.88. The maximum atomic E-state index is 11.4. The fourth-order valence-electron chi connectivity index (χ4n) is 1.49. The first-order valence-corrected chi connectivity index (χ1v) is 4.88. The van der Waals surface area contributed by atoms with E-state index in [9.17, 15) is 4.79 Å². The molecule has 1 aliphatic rings. The monoisotopic (exact) mass is 170 g/mol. The first-order chi connectivity index (χ1) is 5.74. The molecule has 1 rings (SSSR count). The van der Waals surface area contributed by atoms with Gasteiger partial charge in [0, 0.05) is 13.0 Å². The maximum absolute atomic E-state index is 11.4. The van der Waals surface area contributed by atoms with Crippen LogP contribution in [-0.4, -0.2) is 18.5 Å². The van der Waals surface area contributed by atoms with Crippen LogP contribution in [0.15, 0.2) is 0 Å². The van der Waals surface area contributed by atoms with E-state index >= 15 is 0 Å². The van der Waals surface area contributed by atoms with E-state index in [1.165, 1.54) is 19.3 Å². The molecule has 0 aromatic rings. The predicted molar refractivity (Wildman–Crippen MR) is 48.1 cm³/mol. The molecule has 2 heteroatoms. The molecule has 0 saturated heterocycles. The average Bonchev–Trinajstić information content (AvgIpc) is 1.97. The van der Waals surface area contributed by atoms with Gasteiger partial charge < -0.3 is 4.74 Å². The smallest absolute Gasteiger partial charge is 0.161 e. The second-order valence-corrected chi connectivity index (χ2v) is 3.56. The van der Waals surface area contributed by atoms with E-state index in [1.807, 2.05) is 13.8 Å². The Morgan fingerprint density at radius 1 is 1.58 bits per heavy atom. The molecule has 2 nitrogen and oxygen atoms in total. The molecular formula is C10H18O2. The van der Waals surface area contributed by atoms with Crippen LogP contribution in [0.4, 0.5) is 0 Å². The normalized spacial score (nSPS) is 20.2. The fraction of sp³-hybridized carbons (Fsp3) is 0.900. The summed E-state index contributed by atoms with van der Waals surface area (Å²) in [7, 11) is 0. The highest BCUT2D eigenvalue weighted by Crippen LogP contribution is 2.29. The van der Waals surface area contributed by atoms with Gasteiger partial charge in [0.25, 0.3) is 0 Å². The van der Waals surface area contributed by atoms with Crippen LogP contribution in [-0.2, 0) is 9.53 Å². The van der Waals surface area contributed by atoms with Crippen LogP contribution >= 0.6 is 0 Å². The Bertz CT molecular complexity index is 150. The third-order valence-electron chi connectivity index (χ3n) is 2.58. The summed E-state index contributed by atoms with van der Waals surface area (Å²) in [6.45, 7) is 4.41. The third kappa shape index (κ3) is 2.59. The van der Waals surface area contributed by atoms with Crippen molar-refractivity contribution in [2.24, 2.45) is 5.92 Å². The Morgan fingerprint density at radius 2 is 2.25 bits per heavy atom. The van der Waals surface area contributed by atoms with Crippen LogP contribution in [0.5, 0.6) is 0 Å². The number of Topliss-reactive ketones (excluding diaryl/α,β-unsaturated/α-hetero) is 1. The molecule has 70 valence electrons. The molecule has 0 aromatic carbocycles. The summed E-state index contributed by atoms with van der Waals surface area (Å²) >= 11 is 0. The zero-order chi connectivity index (χ0) is 8.97. The van der Waals surface area contributed by atoms with Crippen molar-refractivity contribution in [2.75, 3.05) is 6.61 Å². The summed E-state index contributed by atoms with van der Waals surface area (Å²) in [4.78, 5) is 11.4. The van der Waals surface area contributed by atoms with Crippen molar-refractivity contribution in [3.63, 3.8) is 0 Å². The standard InChI is InChI=1S/C10H18O2/c1-3-12-8(2)10(11)7-9-5-4-6-9/h8-9H,3-7H2,1-2H3. The minimum absolute atomic E-state index is 0.185. The van der Waals surface area contributed by atoms with Crippen LogP contribution in [0, 0.1) is 5.92 Å². The van der Waals surface area contributed by atoms with Crippen molar-refractivity contribution in [2.45, 2.75) is 45.6 Å². The molecule has 12 heavy (non-hydrogen) atoms. The van der Waals surface area contributed by atoms with Gasteiger partial charge in [0.15, 0.2) is 5.78 Å². The van der Waals surface area contributed by atoms with Crippen LogP contribution < -0.4 is 0 Å². The number of ketones is 1. The van der Waals surface area contributed by atoms with E-state index in [1.54, 1.807) is 0 Å². The van der Waals surface area contributed by atoms with Gasteiger partial charge in [-0.1, -0.05) is 19.3 Å². The first kappa shape index (κ1) is 9.72. The zero-order valence-corrected chi connectivity index (χ0v) is 8.01.